The lowest BCUT2D eigenvalue weighted by molar-refractivity contribution is -0.109. The number of carbonyl (C=O) groups is 1. The minimum Gasteiger partial charge on any atom is -0.370 e. The summed E-state index contributed by atoms with van der Waals surface area (Å²) in [6, 6.07) is 7.28. The van der Waals surface area contributed by atoms with Gasteiger partial charge in [-0.25, -0.2) is 4.99 Å². The first kappa shape index (κ1) is 10.0. The van der Waals surface area contributed by atoms with Gasteiger partial charge in [0.05, 0.1) is 5.69 Å². The maximum atomic E-state index is 10.1. The predicted molar refractivity (Wildman–Crippen MR) is 54.8 cm³/mol. The van der Waals surface area contributed by atoms with Gasteiger partial charge in [-0.3, -0.25) is 4.79 Å². The highest BCUT2D eigenvalue weighted by molar-refractivity contribution is 5.79. The first-order chi connectivity index (χ1) is 6.72. The summed E-state index contributed by atoms with van der Waals surface area (Å²) >= 11 is 0. The van der Waals surface area contributed by atoms with Gasteiger partial charge >= 0.3 is 0 Å². The van der Waals surface area contributed by atoms with Crippen LogP contribution in [-0.2, 0) is 11.3 Å². The van der Waals surface area contributed by atoms with Gasteiger partial charge in [-0.2, -0.15) is 0 Å². The van der Waals surface area contributed by atoms with Crippen molar-refractivity contribution < 1.29 is 4.79 Å². The topological polar surface area (TPSA) is 93.5 Å². The van der Waals surface area contributed by atoms with Gasteiger partial charge in [0.25, 0.3) is 0 Å². The fourth-order valence-electron chi connectivity index (χ4n) is 1.04. The van der Waals surface area contributed by atoms with Crippen molar-refractivity contribution in [2.45, 2.75) is 6.54 Å². The van der Waals surface area contributed by atoms with E-state index in [9.17, 15) is 4.79 Å². The van der Waals surface area contributed by atoms with Crippen molar-refractivity contribution in [1.82, 2.24) is 5.32 Å². The zero-order chi connectivity index (χ0) is 10.4. The molecule has 0 aliphatic heterocycles. The summed E-state index contributed by atoms with van der Waals surface area (Å²) < 4.78 is 0. The van der Waals surface area contributed by atoms with Gasteiger partial charge < -0.3 is 16.8 Å². The van der Waals surface area contributed by atoms with Gasteiger partial charge in [0.15, 0.2) is 5.96 Å². The number of aliphatic imine (C=N–C) groups is 1. The molecule has 14 heavy (non-hydrogen) atoms. The molecular weight excluding hydrogens is 180 g/mol. The van der Waals surface area contributed by atoms with Crippen LogP contribution in [-0.4, -0.2) is 12.4 Å². The van der Waals surface area contributed by atoms with E-state index < -0.39 is 0 Å². The van der Waals surface area contributed by atoms with Crippen molar-refractivity contribution in [3.05, 3.63) is 29.8 Å². The van der Waals surface area contributed by atoms with E-state index in [1.807, 2.05) is 12.1 Å². The van der Waals surface area contributed by atoms with Crippen LogP contribution in [0.5, 0.6) is 0 Å². The van der Waals surface area contributed by atoms with E-state index in [0.29, 0.717) is 18.6 Å². The molecule has 1 rings (SSSR count). The summed E-state index contributed by atoms with van der Waals surface area (Å²) in [7, 11) is 0. The van der Waals surface area contributed by atoms with E-state index in [2.05, 4.69) is 10.3 Å². The van der Waals surface area contributed by atoms with Crippen LogP contribution in [0, 0.1) is 0 Å². The van der Waals surface area contributed by atoms with Crippen molar-refractivity contribution in [3.8, 4) is 0 Å². The molecule has 0 bridgehead atoms. The third-order valence-corrected chi connectivity index (χ3v) is 1.56. The second kappa shape index (κ2) is 4.86. The second-order valence-corrected chi connectivity index (χ2v) is 2.71. The Hall–Kier alpha value is -2.04. The quantitative estimate of drug-likeness (QED) is 0.351. The summed E-state index contributed by atoms with van der Waals surface area (Å²) in [5, 5.41) is 2.55. The van der Waals surface area contributed by atoms with Crippen molar-refractivity contribution in [2.75, 3.05) is 0 Å². The van der Waals surface area contributed by atoms with Crippen LogP contribution in [0.4, 0.5) is 5.69 Å². The Kier molecular flexibility index (Phi) is 3.49. The number of benzene rings is 1. The van der Waals surface area contributed by atoms with Crippen molar-refractivity contribution >= 4 is 18.1 Å². The maximum absolute atomic E-state index is 10.1. The standard InChI is InChI=1S/C9H12N4O/c10-9(11)13-8-3-1-2-7(4-8)5-12-6-14/h1-4,6H,5H2,(H,12,14)(H4,10,11,13). The zero-order valence-corrected chi connectivity index (χ0v) is 7.60. The molecule has 0 heterocycles. The number of amides is 1. The Morgan fingerprint density at radius 2 is 2.29 bits per heavy atom. The van der Waals surface area contributed by atoms with Gasteiger partial charge in [0.1, 0.15) is 0 Å². The molecule has 5 N–H and O–H groups in total. The molecule has 0 radical (unpaired) electrons. The minimum absolute atomic E-state index is 0.0190. The van der Waals surface area contributed by atoms with Crippen molar-refractivity contribution in [2.24, 2.45) is 16.5 Å². The molecule has 0 saturated heterocycles. The molecule has 1 aromatic carbocycles. The van der Waals surface area contributed by atoms with Crippen LogP contribution >= 0.6 is 0 Å². The van der Waals surface area contributed by atoms with Gasteiger partial charge in [0, 0.05) is 6.54 Å². The maximum Gasteiger partial charge on any atom is 0.207 e. The molecule has 0 aliphatic carbocycles. The SMILES string of the molecule is NC(N)=Nc1cccc(CNC=O)c1. The van der Waals surface area contributed by atoms with Crippen LogP contribution in [0.25, 0.3) is 0 Å². The molecule has 0 unspecified atom stereocenters. The van der Waals surface area contributed by atoms with Gasteiger partial charge in [-0.15, -0.1) is 0 Å². The van der Waals surface area contributed by atoms with Crippen molar-refractivity contribution in [3.63, 3.8) is 0 Å². The van der Waals surface area contributed by atoms with Crippen LogP contribution in [0.3, 0.4) is 0 Å². The predicted octanol–water partition coefficient (Wildman–Crippen LogP) is -0.163. The fraction of sp³-hybridized carbons (Fsp3) is 0.111. The molecule has 0 spiro atoms. The lowest BCUT2D eigenvalue weighted by atomic mass is 10.2. The summed E-state index contributed by atoms with van der Waals surface area (Å²) in [5.41, 5.74) is 12.1. The van der Waals surface area contributed by atoms with E-state index >= 15 is 0 Å². The summed E-state index contributed by atoms with van der Waals surface area (Å²) in [5.74, 6) is 0.0190. The Morgan fingerprint density at radius 1 is 1.50 bits per heavy atom. The van der Waals surface area contributed by atoms with Crippen LogP contribution in [0.1, 0.15) is 5.56 Å². The Labute approximate surface area is 81.8 Å². The van der Waals surface area contributed by atoms with E-state index in [1.165, 1.54) is 0 Å². The summed E-state index contributed by atoms with van der Waals surface area (Å²) in [6.45, 7) is 0.470. The first-order valence-corrected chi connectivity index (χ1v) is 4.08. The number of nitrogens with zero attached hydrogens (tertiary/aromatic N) is 1. The van der Waals surface area contributed by atoms with E-state index in [4.69, 9.17) is 11.5 Å². The Bertz CT molecular complexity index is 344. The lowest BCUT2D eigenvalue weighted by Crippen LogP contribution is -2.21. The summed E-state index contributed by atoms with van der Waals surface area (Å²) in [6.07, 6.45) is 0.646. The number of nitrogens with two attached hydrogens (primary N) is 2. The third-order valence-electron chi connectivity index (χ3n) is 1.56. The first-order valence-electron chi connectivity index (χ1n) is 4.08. The Morgan fingerprint density at radius 3 is 2.93 bits per heavy atom. The average Bonchev–Trinajstić information content (AvgIpc) is 2.14. The molecule has 0 atom stereocenters. The molecule has 0 aromatic heterocycles. The molecule has 0 fully saturated rings. The highest BCUT2D eigenvalue weighted by atomic mass is 16.1. The molecule has 0 aliphatic rings. The smallest absolute Gasteiger partial charge is 0.207 e. The molecule has 1 aromatic rings. The monoisotopic (exact) mass is 192 g/mol. The number of guanidine groups is 1. The number of nitrogens with one attached hydrogen (secondary N) is 1. The Balaban J connectivity index is 2.78. The van der Waals surface area contributed by atoms with Crippen LogP contribution in [0.15, 0.2) is 29.3 Å². The number of carbonyl (C=O) groups excluding carboxylic acids is 1. The normalized spacial score (nSPS) is 9.14. The van der Waals surface area contributed by atoms with Gasteiger partial charge in [-0.1, -0.05) is 12.1 Å². The number of rotatable bonds is 4. The highest BCUT2D eigenvalue weighted by Crippen LogP contribution is 2.13. The summed E-state index contributed by atoms with van der Waals surface area (Å²) in [4.78, 5) is 13.9. The van der Waals surface area contributed by atoms with Gasteiger partial charge in [-0.05, 0) is 17.7 Å². The minimum atomic E-state index is 0.0190. The largest absolute Gasteiger partial charge is 0.370 e. The molecule has 74 valence electrons. The number of hydrogen-bond acceptors (Lipinski definition) is 2. The zero-order valence-electron chi connectivity index (χ0n) is 7.60. The molecule has 5 heteroatoms. The third kappa shape index (κ3) is 3.14. The van der Waals surface area contributed by atoms with Crippen LogP contribution in [0.2, 0.25) is 0 Å². The average molecular weight is 192 g/mol. The van der Waals surface area contributed by atoms with E-state index in [-0.39, 0.29) is 5.96 Å². The molecule has 0 saturated carbocycles. The lowest BCUT2D eigenvalue weighted by Gasteiger charge is -2.01. The van der Waals surface area contributed by atoms with Gasteiger partial charge in [0.2, 0.25) is 6.41 Å². The highest BCUT2D eigenvalue weighted by Gasteiger charge is 1.94. The molecule has 5 nitrogen and oxygen atoms in total. The molecular formula is C9H12N4O. The number of hydrogen-bond donors (Lipinski definition) is 3. The van der Waals surface area contributed by atoms with Crippen molar-refractivity contribution in [1.29, 1.82) is 0 Å². The fourth-order valence-corrected chi connectivity index (χ4v) is 1.04. The van der Waals surface area contributed by atoms with Crippen LogP contribution < -0.4 is 16.8 Å². The van der Waals surface area contributed by atoms with E-state index in [0.717, 1.165) is 5.56 Å². The molecule has 1 amide bonds. The second-order valence-electron chi connectivity index (χ2n) is 2.71. The van der Waals surface area contributed by atoms with E-state index in [1.54, 1.807) is 12.1 Å².